The minimum Gasteiger partial charge on any atom is -0.461 e. The maximum atomic E-state index is 12.5. The molecule has 0 aliphatic rings. The van der Waals surface area contributed by atoms with Gasteiger partial charge < -0.3 is 4.74 Å². The lowest BCUT2D eigenvalue weighted by Gasteiger charge is -2.04. The number of esters is 1. The fourth-order valence-corrected chi connectivity index (χ4v) is 3.20. The maximum Gasteiger partial charge on any atom is 0.357 e. The van der Waals surface area contributed by atoms with Gasteiger partial charge in [-0.1, -0.05) is 47.5 Å². The van der Waals surface area contributed by atoms with E-state index in [2.05, 4.69) is 4.40 Å². The first-order valence-corrected chi connectivity index (χ1v) is 9.66. The Morgan fingerprint density at radius 1 is 1.19 bits per heavy atom. The van der Waals surface area contributed by atoms with Gasteiger partial charge in [-0.15, -0.1) is 0 Å². The van der Waals surface area contributed by atoms with E-state index in [1.54, 1.807) is 49.4 Å². The van der Waals surface area contributed by atoms with Crippen LogP contribution in [0.25, 0.3) is 6.08 Å². The third-order valence-corrected chi connectivity index (χ3v) is 4.84. The summed E-state index contributed by atoms with van der Waals surface area (Å²) in [7, 11) is -4.04. The summed E-state index contributed by atoms with van der Waals surface area (Å²) in [5, 5.41) is 0.522. The Morgan fingerprint density at radius 3 is 2.50 bits per heavy atom. The molecule has 0 atom stereocenters. The molecule has 0 heterocycles. The molecule has 0 unspecified atom stereocenters. The van der Waals surface area contributed by atoms with Gasteiger partial charge in [0, 0.05) is 5.02 Å². The van der Waals surface area contributed by atoms with Gasteiger partial charge in [-0.2, -0.15) is 12.8 Å². The maximum absolute atomic E-state index is 12.5. The third-order valence-electron chi connectivity index (χ3n) is 3.30. The molecular formula is C19H18ClNO4S. The number of nitrogens with zero attached hydrogens (tertiary/aromatic N) is 1. The number of carbonyl (C=O) groups excluding carboxylic acids is 1. The summed E-state index contributed by atoms with van der Waals surface area (Å²) in [6.45, 7) is 3.58. The molecule has 136 valence electrons. The van der Waals surface area contributed by atoms with Crippen molar-refractivity contribution in [2.24, 2.45) is 4.40 Å². The Balaban J connectivity index is 2.41. The summed E-state index contributed by atoms with van der Waals surface area (Å²) in [5.41, 5.74) is 1.30. The highest BCUT2D eigenvalue weighted by Crippen LogP contribution is 2.15. The summed E-state index contributed by atoms with van der Waals surface area (Å²) < 4.78 is 33.5. The zero-order chi connectivity index (χ0) is 19.2. The van der Waals surface area contributed by atoms with Gasteiger partial charge in [-0.05, 0) is 49.8 Å². The van der Waals surface area contributed by atoms with Crippen molar-refractivity contribution in [3.05, 3.63) is 70.8 Å². The van der Waals surface area contributed by atoms with Crippen LogP contribution in [0.5, 0.6) is 0 Å². The number of rotatable bonds is 6. The summed E-state index contributed by atoms with van der Waals surface area (Å²) in [6.07, 6.45) is 2.85. The molecular weight excluding hydrogens is 374 g/mol. The van der Waals surface area contributed by atoms with Crippen LogP contribution in [0.2, 0.25) is 5.02 Å². The predicted molar refractivity (Wildman–Crippen MR) is 103 cm³/mol. The molecule has 5 nitrogen and oxygen atoms in total. The normalized spacial score (nSPS) is 12.3. The van der Waals surface area contributed by atoms with Crippen molar-refractivity contribution in [1.82, 2.24) is 0 Å². The van der Waals surface area contributed by atoms with Crippen LogP contribution >= 0.6 is 11.6 Å². The summed E-state index contributed by atoms with van der Waals surface area (Å²) in [4.78, 5) is 12.1. The largest absolute Gasteiger partial charge is 0.461 e. The first-order valence-electron chi connectivity index (χ1n) is 7.84. The van der Waals surface area contributed by atoms with Gasteiger partial charge in [-0.25, -0.2) is 4.79 Å². The van der Waals surface area contributed by atoms with E-state index >= 15 is 0 Å². The van der Waals surface area contributed by atoms with Crippen molar-refractivity contribution >= 4 is 39.4 Å². The second-order valence-corrected chi connectivity index (χ2v) is 7.41. The van der Waals surface area contributed by atoms with Crippen molar-refractivity contribution in [3.8, 4) is 0 Å². The summed E-state index contributed by atoms with van der Waals surface area (Å²) in [5.74, 6) is -0.818. The Hall–Kier alpha value is -2.44. The van der Waals surface area contributed by atoms with Crippen LogP contribution < -0.4 is 0 Å². The molecule has 0 amide bonds. The zero-order valence-corrected chi connectivity index (χ0v) is 15.9. The highest BCUT2D eigenvalue weighted by Gasteiger charge is 2.18. The smallest absolute Gasteiger partial charge is 0.357 e. The first kappa shape index (κ1) is 19.9. The van der Waals surface area contributed by atoms with Crippen LogP contribution in [-0.4, -0.2) is 26.7 Å². The lowest BCUT2D eigenvalue weighted by Crippen LogP contribution is -2.17. The number of hydrogen-bond acceptors (Lipinski definition) is 4. The van der Waals surface area contributed by atoms with Gasteiger partial charge in [0.1, 0.15) is 0 Å². The van der Waals surface area contributed by atoms with E-state index in [4.69, 9.17) is 16.3 Å². The number of hydrogen-bond donors (Lipinski definition) is 0. The lowest BCUT2D eigenvalue weighted by molar-refractivity contribution is -0.134. The molecule has 26 heavy (non-hydrogen) atoms. The molecule has 0 saturated carbocycles. The van der Waals surface area contributed by atoms with E-state index in [1.165, 1.54) is 18.2 Å². The Kier molecular flexibility index (Phi) is 6.71. The topological polar surface area (TPSA) is 72.8 Å². The SMILES string of the molecule is CCOC(=O)C(/C=C/c1cccc(Cl)c1)=N\S(=O)(=O)c1ccc(C)cc1. The Bertz CT molecular complexity index is 948. The van der Waals surface area contributed by atoms with Crippen LogP contribution in [0, 0.1) is 6.92 Å². The molecule has 0 aliphatic carbocycles. The van der Waals surface area contributed by atoms with Gasteiger partial charge >= 0.3 is 5.97 Å². The van der Waals surface area contributed by atoms with Crippen molar-refractivity contribution in [1.29, 1.82) is 0 Å². The molecule has 0 saturated heterocycles. The molecule has 0 bridgehead atoms. The minimum absolute atomic E-state index is 0.000976. The van der Waals surface area contributed by atoms with E-state index in [1.807, 2.05) is 6.92 Å². The lowest BCUT2D eigenvalue weighted by atomic mass is 10.2. The third kappa shape index (κ3) is 5.54. The van der Waals surface area contributed by atoms with E-state index in [0.717, 1.165) is 5.56 Å². The standard InChI is InChI=1S/C19H18ClNO4S/c1-3-25-19(22)18(12-9-15-5-4-6-16(20)13-15)21-26(23,24)17-10-7-14(2)8-11-17/h4-13H,3H2,1-2H3/b12-9+,21-18-. The molecule has 2 rings (SSSR count). The van der Waals surface area contributed by atoms with Gasteiger partial charge in [0.15, 0.2) is 5.71 Å². The highest BCUT2D eigenvalue weighted by atomic mass is 35.5. The number of sulfonamides is 1. The van der Waals surface area contributed by atoms with E-state index in [9.17, 15) is 13.2 Å². The first-order chi connectivity index (χ1) is 12.3. The summed E-state index contributed by atoms with van der Waals surface area (Å²) >= 11 is 5.92. The van der Waals surface area contributed by atoms with Crippen molar-refractivity contribution in [2.75, 3.05) is 6.61 Å². The minimum atomic E-state index is -4.04. The van der Waals surface area contributed by atoms with Crippen LogP contribution in [0.1, 0.15) is 18.1 Å². The molecule has 2 aromatic rings. The zero-order valence-electron chi connectivity index (χ0n) is 14.3. The monoisotopic (exact) mass is 391 g/mol. The predicted octanol–water partition coefficient (Wildman–Crippen LogP) is 4.05. The molecule has 7 heteroatoms. The highest BCUT2D eigenvalue weighted by molar-refractivity contribution is 7.90. The number of carbonyl (C=O) groups is 1. The van der Waals surface area contributed by atoms with Crippen LogP contribution in [0.4, 0.5) is 0 Å². The van der Waals surface area contributed by atoms with Gasteiger partial charge in [0.25, 0.3) is 10.0 Å². The van der Waals surface area contributed by atoms with E-state index in [-0.39, 0.29) is 17.2 Å². The Labute approximate surface area is 158 Å². The number of benzene rings is 2. The molecule has 0 aliphatic heterocycles. The second-order valence-electron chi connectivity index (χ2n) is 5.37. The van der Waals surface area contributed by atoms with Crippen LogP contribution in [-0.2, 0) is 19.6 Å². The van der Waals surface area contributed by atoms with Crippen molar-refractivity contribution in [2.45, 2.75) is 18.7 Å². The number of halogens is 1. The summed E-state index contributed by atoms with van der Waals surface area (Å²) in [6, 6.07) is 13.1. The fourth-order valence-electron chi connectivity index (χ4n) is 2.02. The van der Waals surface area contributed by atoms with E-state index < -0.39 is 16.0 Å². The molecule has 0 fully saturated rings. The van der Waals surface area contributed by atoms with Gasteiger partial charge in [-0.3, -0.25) is 0 Å². The van der Waals surface area contributed by atoms with Gasteiger partial charge in [0.05, 0.1) is 11.5 Å². The molecule has 0 radical (unpaired) electrons. The average Bonchev–Trinajstić information content (AvgIpc) is 2.59. The van der Waals surface area contributed by atoms with E-state index in [0.29, 0.717) is 10.6 Å². The average molecular weight is 392 g/mol. The van der Waals surface area contributed by atoms with Crippen molar-refractivity contribution < 1.29 is 17.9 Å². The molecule has 0 N–H and O–H groups in total. The van der Waals surface area contributed by atoms with Crippen molar-refractivity contribution in [3.63, 3.8) is 0 Å². The number of ether oxygens (including phenoxy) is 1. The van der Waals surface area contributed by atoms with Crippen LogP contribution in [0.15, 0.2) is 63.9 Å². The Morgan fingerprint density at radius 2 is 1.88 bits per heavy atom. The number of aryl methyl sites for hydroxylation is 1. The molecule has 0 aromatic heterocycles. The van der Waals surface area contributed by atoms with Crippen LogP contribution in [0.3, 0.4) is 0 Å². The van der Waals surface area contributed by atoms with Gasteiger partial charge in [0.2, 0.25) is 0 Å². The fraction of sp³-hybridized carbons (Fsp3) is 0.158. The molecule has 0 spiro atoms. The quantitative estimate of drug-likeness (QED) is 0.550. The molecule has 2 aromatic carbocycles. The second kappa shape index (κ2) is 8.78.